The molecule has 1 N–H and O–H groups in total. The van der Waals surface area contributed by atoms with E-state index in [9.17, 15) is 0 Å². The fraction of sp³-hybridized carbons (Fsp3) is 0.500. The van der Waals surface area contributed by atoms with Crippen LogP contribution in [0.15, 0.2) is 43.0 Å². The minimum atomic E-state index is 0.509. The Labute approximate surface area is 105 Å². The highest BCUT2D eigenvalue weighted by atomic mass is 14.9. The van der Waals surface area contributed by atoms with E-state index in [1.807, 2.05) is 6.08 Å². The van der Waals surface area contributed by atoms with Gasteiger partial charge in [0.1, 0.15) is 0 Å². The van der Waals surface area contributed by atoms with Crippen molar-refractivity contribution in [3.63, 3.8) is 0 Å². The van der Waals surface area contributed by atoms with Crippen LogP contribution in [0.2, 0.25) is 0 Å². The van der Waals surface area contributed by atoms with Gasteiger partial charge in [-0.25, -0.2) is 0 Å². The van der Waals surface area contributed by atoms with Crippen molar-refractivity contribution in [1.29, 1.82) is 0 Å². The summed E-state index contributed by atoms with van der Waals surface area (Å²) in [6.45, 7) is 4.71. The largest absolute Gasteiger partial charge is 0.306 e. The molecule has 0 aromatic heterocycles. The lowest BCUT2D eigenvalue weighted by Crippen LogP contribution is -2.29. The molecule has 1 heteroatoms. The highest BCUT2D eigenvalue weighted by Crippen LogP contribution is 2.34. The van der Waals surface area contributed by atoms with Crippen molar-refractivity contribution >= 4 is 0 Å². The summed E-state index contributed by atoms with van der Waals surface area (Å²) >= 11 is 0. The van der Waals surface area contributed by atoms with Gasteiger partial charge in [-0.15, -0.1) is 6.58 Å². The minimum absolute atomic E-state index is 0.509. The van der Waals surface area contributed by atoms with Gasteiger partial charge in [0, 0.05) is 12.6 Å². The standard InChI is InChI=1S/C16H23N/c1-2-13-17-16(14-9-5-3-6-10-14)15-11-7-4-8-12-15/h2-3,5-6,9-10,15-17H,1,4,7-8,11-13H2. The van der Waals surface area contributed by atoms with E-state index in [0.29, 0.717) is 6.04 Å². The lowest BCUT2D eigenvalue weighted by Gasteiger charge is -2.31. The van der Waals surface area contributed by atoms with Crippen LogP contribution in [0.1, 0.15) is 43.7 Å². The molecule has 1 aliphatic carbocycles. The smallest absolute Gasteiger partial charge is 0.0351 e. The van der Waals surface area contributed by atoms with Crippen molar-refractivity contribution in [3.05, 3.63) is 48.6 Å². The maximum Gasteiger partial charge on any atom is 0.0351 e. The quantitative estimate of drug-likeness (QED) is 0.750. The van der Waals surface area contributed by atoms with Crippen LogP contribution in [0, 0.1) is 5.92 Å². The highest BCUT2D eigenvalue weighted by molar-refractivity contribution is 5.20. The Kier molecular flexibility index (Phi) is 4.81. The van der Waals surface area contributed by atoms with Gasteiger partial charge >= 0.3 is 0 Å². The van der Waals surface area contributed by atoms with Gasteiger partial charge in [-0.3, -0.25) is 0 Å². The molecule has 1 atom stereocenters. The molecule has 1 aromatic rings. The SMILES string of the molecule is C=CCNC(c1ccccc1)C1CCCCC1. The molecule has 0 aliphatic heterocycles. The van der Waals surface area contributed by atoms with Crippen LogP contribution in [-0.4, -0.2) is 6.54 Å². The van der Waals surface area contributed by atoms with E-state index in [1.165, 1.54) is 37.7 Å². The van der Waals surface area contributed by atoms with E-state index in [0.717, 1.165) is 12.5 Å². The van der Waals surface area contributed by atoms with Gasteiger partial charge in [0.25, 0.3) is 0 Å². The van der Waals surface area contributed by atoms with Crippen molar-refractivity contribution in [2.45, 2.75) is 38.1 Å². The van der Waals surface area contributed by atoms with Crippen molar-refractivity contribution in [1.82, 2.24) is 5.32 Å². The molecular weight excluding hydrogens is 206 g/mol. The number of hydrogen-bond donors (Lipinski definition) is 1. The molecule has 0 heterocycles. The van der Waals surface area contributed by atoms with Gasteiger partial charge in [0.15, 0.2) is 0 Å². The molecule has 1 aliphatic rings. The Morgan fingerprint density at radius 2 is 1.88 bits per heavy atom. The van der Waals surface area contributed by atoms with Crippen molar-refractivity contribution in [2.24, 2.45) is 5.92 Å². The molecule has 1 saturated carbocycles. The summed E-state index contributed by atoms with van der Waals surface area (Å²) in [7, 11) is 0. The summed E-state index contributed by atoms with van der Waals surface area (Å²) in [5.41, 5.74) is 1.43. The Hall–Kier alpha value is -1.08. The molecule has 92 valence electrons. The lowest BCUT2D eigenvalue weighted by molar-refractivity contribution is 0.277. The summed E-state index contributed by atoms with van der Waals surface area (Å²) in [6, 6.07) is 11.4. The first-order chi connectivity index (χ1) is 8.42. The summed E-state index contributed by atoms with van der Waals surface area (Å²) in [5.74, 6) is 0.797. The Balaban J connectivity index is 2.09. The number of hydrogen-bond acceptors (Lipinski definition) is 1. The second kappa shape index (κ2) is 6.61. The normalized spacial score (nSPS) is 18.8. The van der Waals surface area contributed by atoms with Crippen molar-refractivity contribution < 1.29 is 0 Å². The zero-order valence-corrected chi connectivity index (χ0v) is 10.6. The average Bonchev–Trinajstić information content (AvgIpc) is 2.42. The summed E-state index contributed by atoms with van der Waals surface area (Å²) in [5, 5.41) is 3.64. The van der Waals surface area contributed by atoms with Crippen LogP contribution in [0.25, 0.3) is 0 Å². The van der Waals surface area contributed by atoms with Gasteiger partial charge < -0.3 is 5.32 Å². The molecule has 1 aromatic carbocycles. The molecule has 17 heavy (non-hydrogen) atoms. The lowest BCUT2D eigenvalue weighted by atomic mass is 9.81. The van der Waals surface area contributed by atoms with Gasteiger partial charge in [-0.1, -0.05) is 55.7 Å². The Morgan fingerprint density at radius 1 is 1.18 bits per heavy atom. The number of rotatable bonds is 5. The van der Waals surface area contributed by atoms with Crippen molar-refractivity contribution in [3.8, 4) is 0 Å². The predicted molar refractivity (Wildman–Crippen MR) is 74.0 cm³/mol. The van der Waals surface area contributed by atoms with E-state index in [1.54, 1.807) is 0 Å². The monoisotopic (exact) mass is 229 g/mol. The summed E-state index contributed by atoms with van der Waals surface area (Å²) in [4.78, 5) is 0. The highest BCUT2D eigenvalue weighted by Gasteiger charge is 2.23. The molecule has 0 saturated heterocycles. The van der Waals surface area contributed by atoms with Gasteiger partial charge in [-0.05, 0) is 24.3 Å². The van der Waals surface area contributed by atoms with Gasteiger partial charge in [-0.2, -0.15) is 0 Å². The van der Waals surface area contributed by atoms with E-state index >= 15 is 0 Å². The minimum Gasteiger partial charge on any atom is -0.306 e. The molecule has 0 spiro atoms. The topological polar surface area (TPSA) is 12.0 Å². The molecule has 1 nitrogen and oxygen atoms in total. The fourth-order valence-electron chi connectivity index (χ4n) is 2.89. The first kappa shape index (κ1) is 12.4. The summed E-state index contributed by atoms with van der Waals surface area (Å²) < 4.78 is 0. The second-order valence-corrected chi connectivity index (χ2v) is 4.98. The number of nitrogens with one attached hydrogen (secondary N) is 1. The first-order valence-electron chi connectivity index (χ1n) is 6.81. The Morgan fingerprint density at radius 3 is 2.53 bits per heavy atom. The van der Waals surface area contributed by atoms with Crippen LogP contribution < -0.4 is 5.32 Å². The molecular formula is C16H23N. The third-order valence-corrected chi connectivity index (χ3v) is 3.76. The zero-order chi connectivity index (χ0) is 11.9. The van der Waals surface area contributed by atoms with Crippen LogP contribution in [0.5, 0.6) is 0 Å². The van der Waals surface area contributed by atoms with Crippen LogP contribution in [0.4, 0.5) is 0 Å². The molecule has 1 unspecified atom stereocenters. The van der Waals surface area contributed by atoms with E-state index in [2.05, 4.69) is 42.2 Å². The van der Waals surface area contributed by atoms with E-state index in [-0.39, 0.29) is 0 Å². The third-order valence-electron chi connectivity index (χ3n) is 3.76. The third kappa shape index (κ3) is 3.44. The Bertz CT molecular complexity index is 325. The molecule has 1 fully saturated rings. The average molecular weight is 229 g/mol. The molecule has 0 bridgehead atoms. The maximum absolute atomic E-state index is 3.81. The maximum atomic E-state index is 3.81. The van der Waals surface area contributed by atoms with Gasteiger partial charge in [0.2, 0.25) is 0 Å². The van der Waals surface area contributed by atoms with Crippen molar-refractivity contribution in [2.75, 3.05) is 6.54 Å². The van der Waals surface area contributed by atoms with Crippen LogP contribution in [-0.2, 0) is 0 Å². The number of benzene rings is 1. The molecule has 2 rings (SSSR count). The first-order valence-corrected chi connectivity index (χ1v) is 6.81. The predicted octanol–water partition coefficient (Wildman–Crippen LogP) is 4.08. The zero-order valence-electron chi connectivity index (χ0n) is 10.6. The second-order valence-electron chi connectivity index (χ2n) is 4.98. The molecule has 0 radical (unpaired) electrons. The van der Waals surface area contributed by atoms with E-state index in [4.69, 9.17) is 0 Å². The van der Waals surface area contributed by atoms with E-state index < -0.39 is 0 Å². The molecule has 0 amide bonds. The van der Waals surface area contributed by atoms with Crippen LogP contribution >= 0.6 is 0 Å². The van der Waals surface area contributed by atoms with Crippen LogP contribution in [0.3, 0.4) is 0 Å². The van der Waals surface area contributed by atoms with Gasteiger partial charge in [0.05, 0.1) is 0 Å². The summed E-state index contributed by atoms with van der Waals surface area (Å²) in [6.07, 6.45) is 8.89. The fourth-order valence-corrected chi connectivity index (χ4v) is 2.89.